The Labute approximate surface area is 161 Å². The number of alkyl halides is 3. The van der Waals surface area contributed by atoms with Gasteiger partial charge in [0.2, 0.25) is 0 Å². The summed E-state index contributed by atoms with van der Waals surface area (Å²) in [4.78, 5) is 1.87. The van der Waals surface area contributed by atoms with Crippen LogP contribution in [0.15, 0.2) is 29.4 Å². The van der Waals surface area contributed by atoms with E-state index in [9.17, 15) is 13.2 Å². The highest BCUT2D eigenvalue weighted by atomic mass is 79.9. The molecule has 2 nitrogen and oxygen atoms in total. The first-order valence-corrected chi connectivity index (χ1v) is 9.49. The third-order valence-corrected chi connectivity index (χ3v) is 4.62. The van der Waals surface area contributed by atoms with Crippen LogP contribution in [0.4, 0.5) is 24.5 Å². The molecule has 0 fully saturated rings. The summed E-state index contributed by atoms with van der Waals surface area (Å²) >= 11 is 4.45. The van der Waals surface area contributed by atoms with E-state index in [-0.39, 0.29) is 14.6 Å². The van der Waals surface area contributed by atoms with Crippen LogP contribution in [-0.4, -0.2) is 11.3 Å². The van der Waals surface area contributed by atoms with Crippen molar-refractivity contribution in [1.82, 2.24) is 0 Å². The molecule has 0 saturated carbocycles. The third kappa shape index (κ3) is 7.13. The van der Waals surface area contributed by atoms with E-state index >= 15 is 0 Å². The SMILES string of the molecule is C=CN(CC(C)(C)C)c1cc(Br)c(C(F)(F)F)cc1NSC(C)(C)C. The van der Waals surface area contributed by atoms with Gasteiger partial charge in [-0.3, -0.25) is 0 Å². The van der Waals surface area contributed by atoms with Gasteiger partial charge in [-0.25, -0.2) is 0 Å². The molecule has 0 heterocycles. The number of nitrogens with zero attached hydrogens (tertiary/aromatic N) is 1. The number of halogens is 4. The van der Waals surface area contributed by atoms with Gasteiger partial charge < -0.3 is 9.62 Å². The quantitative estimate of drug-likeness (QED) is 0.484. The fourth-order valence-electron chi connectivity index (χ4n) is 2.07. The van der Waals surface area contributed by atoms with Crippen LogP contribution in [0.3, 0.4) is 0 Å². The van der Waals surface area contributed by atoms with Crippen molar-refractivity contribution in [2.24, 2.45) is 5.41 Å². The van der Waals surface area contributed by atoms with Gasteiger partial charge in [-0.1, -0.05) is 43.3 Å². The molecule has 0 saturated heterocycles. The van der Waals surface area contributed by atoms with Crippen molar-refractivity contribution in [2.45, 2.75) is 52.5 Å². The van der Waals surface area contributed by atoms with Gasteiger partial charge in [0.1, 0.15) is 0 Å². The van der Waals surface area contributed by atoms with Gasteiger partial charge in [0.15, 0.2) is 0 Å². The highest BCUT2D eigenvalue weighted by molar-refractivity contribution is 9.10. The summed E-state index contributed by atoms with van der Waals surface area (Å²) in [6.07, 6.45) is -2.78. The summed E-state index contributed by atoms with van der Waals surface area (Å²) in [5, 5.41) is 0. The highest BCUT2D eigenvalue weighted by Crippen LogP contribution is 2.43. The normalized spacial score (nSPS) is 12.9. The Morgan fingerprint density at radius 1 is 1.16 bits per heavy atom. The summed E-state index contributed by atoms with van der Waals surface area (Å²) < 4.78 is 42.8. The highest BCUT2D eigenvalue weighted by Gasteiger charge is 2.34. The standard InChI is InChI=1S/C18H26BrF3N2S/c1-8-24(11-16(2,3)4)15-10-13(19)12(18(20,21)22)9-14(15)23-25-17(5,6)7/h8-10,23H,1,11H2,2-7H3. The van der Waals surface area contributed by atoms with E-state index in [0.29, 0.717) is 17.9 Å². The zero-order valence-corrected chi connectivity index (χ0v) is 17.9. The molecule has 0 radical (unpaired) electrons. The molecule has 0 atom stereocenters. The smallest absolute Gasteiger partial charge is 0.346 e. The summed E-state index contributed by atoms with van der Waals surface area (Å²) in [6.45, 7) is 16.6. The van der Waals surface area contributed by atoms with E-state index in [1.54, 1.807) is 6.20 Å². The van der Waals surface area contributed by atoms with E-state index in [2.05, 4.69) is 48.0 Å². The van der Waals surface area contributed by atoms with Gasteiger partial charge >= 0.3 is 6.18 Å². The maximum atomic E-state index is 13.3. The molecule has 142 valence electrons. The Bertz CT molecular complexity index is 616. The zero-order valence-electron chi connectivity index (χ0n) is 15.5. The number of anilines is 2. The molecule has 0 aromatic heterocycles. The molecule has 0 spiro atoms. The van der Waals surface area contributed by atoms with Crippen LogP contribution in [0.1, 0.15) is 47.1 Å². The van der Waals surface area contributed by atoms with E-state index in [4.69, 9.17) is 0 Å². The first kappa shape index (κ1) is 22.2. The maximum Gasteiger partial charge on any atom is 0.417 e. The lowest BCUT2D eigenvalue weighted by atomic mass is 9.95. The fraction of sp³-hybridized carbons (Fsp3) is 0.556. The van der Waals surface area contributed by atoms with Crippen LogP contribution < -0.4 is 9.62 Å². The molecule has 0 unspecified atom stereocenters. The molecular weight excluding hydrogens is 413 g/mol. The molecule has 1 aromatic rings. The molecule has 0 aliphatic carbocycles. The van der Waals surface area contributed by atoms with Gasteiger partial charge in [-0.2, -0.15) is 13.2 Å². The Hall–Kier alpha value is -0.820. The minimum Gasteiger partial charge on any atom is -0.346 e. The second-order valence-corrected chi connectivity index (χ2v) is 10.5. The lowest BCUT2D eigenvalue weighted by molar-refractivity contribution is -0.138. The monoisotopic (exact) mass is 438 g/mol. The Balaban J connectivity index is 3.42. The molecule has 0 amide bonds. The molecule has 1 aromatic carbocycles. The minimum atomic E-state index is -4.43. The fourth-order valence-corrected chi connectivity index (χ4v) is 3.20. The Kier molecular flexibility index (Phi) is 6.95. The molecule has 0 aliphatic heterocycles. The van der Waals surface area contributed by atoms with Crippen molar-refractivity contribution < 1.29 is 13.2 Å². The predicted molar refractivity (Wildman–Crippen MR) is 107 cm³/mol. The molecule has 1 N–H and O–H groups in total. The van der Waals surface area contributed by atoms with Crippen LogP contribution >= 0.6 is 27.9 Å². The van der Waals surface area contributed by atoms with Crippen molar-refractivity contribution in [3.05, 3.63) is 34.9 Å². The molecule has 1 rings (SSSR count). The summed E-state index contributed by atoms with van der Waals surface area (Å²) in [5.41, 5.74) is 0.326. The van der Waals surface area contributed by atoms with Crippen molar-refractivity contribution in [1.29, 1.82) is 0 Å². The summed E-state index contributed by atoms with van der Waals surface area (Å²) in [7, 11) is 0. The van der Waals surface area contributed by atoms with Crippen molar-refractivity contribution in [2.75, 3.05) is 16.2 Å². The van der Waals surface area contributed by atoms with Crippen LogP contribution in [0.5, 0.6) is 0 Å². The number of rotatable bonds is 5. The topological polar surface area (TPSA) is 15.3 Å². The van der Waals surface area contributed by atoms with E-state index in [1.165, 1.54) is 18.0 Å². The Morgan fingerprint density at radius 2 is 1.72 bits per heavy atom. The largest absolute Gasteiger partial charge is 0.417 e. The number of hydrogen-bond donors (Lipinski definition) is 1. The molecule has 0 aliphatic rings. The van der Waals surface area contributed by atoms with Crippen molar-refractivity contribution >= 4 is 39.3 Å². The van der Waals surface area contributed by atoms with Crippen LogP contribution in [-0.2, 0) is 6.18 Å². The van der Waals surface area contributed by atoms with Crippen molar-refractivity contribution in [3.8, 4) is 0 Å². The minimum absolute atomic E-state index is 0.0158. The van der Waals surface area contributed by atoms with E-state index < -0.39 is 11.7 Å². The molecular formula is C18H26BrF3N2S. The second-order valence-electron chi connectivity index (χ2n) is 8.03. The predicted octanol–water partition coefficient (Wildman–Crippen LogP) is 7.32. The first-order valence-electron chi connectivity index (χ1n) is 7.88. The lowest BCUT2D eigenvalue weighted by Crippen LogP contribution is -2.29. The maximum absolute atomic E-state index is 13.3. The molecule has 25 heavy (non-hydrogen) atoms. The second kappa shape index (κ2) is 7.82. The van der Waals surface area contributed by atoms with Crippen LogP contribution in [0.25, 0.3) is 0 Å². The zero-order chi connectivity index (χ0) is 19.6. The van der Waals surface area contributed by atoms with Gasteiger partial charge in [-0.05, 0) is 56.5 Å². The van der Waals surface area contributed by atoms with Gasteiger partial charge in [0, 0.05) is 15.8 Å². The van der Waals surface area contributed by atoms with Gasteiger partial charge in [-0.15, -0.1) is 0 Å². The lowest BCUT2D eigenvalue weighted by Gasteiger charge is -2.31. The summed E-state index contributed by atoms with van der Waals surface area (Å²) in [5.74, 6) is 0. The molecule has 7 heteroatoms. The third-order valence-electron chi connectivity index (χ3n) is 3.03. The number of hydrogen-bond acceptors (Lipinski definition) is 3. The summed E-state index contributed by atoms with van der Waals surface area (Å²) in [6, 6.07) is 2.65. The number of nitrogens with one attached hydrogen (secondary N) is 1. The molecule has 0 bridgehead atoms. The average Bonchev–Trinajstić information content (AvgIpc) is 2.39. The van der Waals surface area contributed by atoms with Gasteiger partial charge in [0.05, 0.1) is 16.9 Å². The van der Waals surface area contributed by atoms with E-state index in [0.717, 1.165) is 6.07 Å². The first-order chi connectivity index (χ1) is 11.1. The van der Waals surface area contributed by atoms with Crippen LogP contribution in [0, 0.1) is 5.41 Å². The van der Waals surface area contributed by atoms with Crippen molar-refractivity contribution in [3.63, 3.8) is 0 Å². The van der Waals surface area contributed by atoms with E-state index in [1.807, 2.05) is 25.7 Å². The van der Waals surface area contributed by atoms with Gasteiger partial charge in [0.25, 0.3) is 0 Å². The number of benzene rings is 1. The Morgan fingerprint density at radius 3 is 2.12 bits per heavy atom. The van der Waals surface area contributed by atoms with Crippen LogP contribution in [0.2, 0.25) is 0 Å². The average molecular weight is 439 g/mol.